The average molecular weight is 291 g/mol. The topological polar surface area (TPSA) is 57.6 Å². The number of carbonyl (C=O) groups excluding carboxylic acids is 1. The molecule has 1 rings (SSSR count). The van der Waals surface area contributed by atoms with Gasteiger partial charge in [0.05, 0.1) is 12.8 Å². The molecule has 1 aromatic carbocycles. The van der Waals surface area contributed by atoms with Crippen molar-refractivity contribution in [3.05, 3.63) is 35.4 Å². The predicted molar refractivity (Wildman–Crippen MR) is 83.2 cm³/mol. The van der Waals surface area contributed by atoms with Gasteiger partial charge in [0.2, 0.25) is 5.91 Å². The fraction of sp³-hybridized carbons (Fsp3) is 0.529. The van der Waals surface area contributed by atoms with Crippen LogP contribution >= 0.6 is 0 Å². The molecule has 0 bridgehead atoms. The van der Waals surface area contributed by atoms with E-state index in [-0.39, 0.29) is 18.9 Å². The molecule has 0 aliphatic carbocycles. The minimum absolute atomic E-state index is 0.00542. The smallest absolute Gasteiger partial charge is 0.305 e. The number of amides is 1. The molecule has 0 aliphatic heterocycles. The number of aryl methyl sites for hydroxylation is 1. The third-order valence-electron chi connectivity index (χ3n) is 3.37. The Morgan fingerprint density at radius 3 is 2.33 bits per heavy atom. The number of hydrogen-bond acceptors (Lipinski definition) is 2. The lowest BCUT2D eigenvalue weighted by Gasteiger charge is -2.24. The van der Waals surface area contributed by atoms with Crippen LogP contribution in [0.3, 0.4) is 0 Å². The summed E-state index contributed by atoms with van der Waals surface area (Å²) in [5.41, 5.74) is 2.21. The Kier molecular flexibility index (Phi) is 6.92. The van der Waals surface area contributed by atoms with Gasteiger partial charge in [-0.1, -0.05) is 45.0 Å². The van der Waals surface area contributed by atoms with Crippen LogP contribution < -0.4 is 0 Å². The highest BCUT2D eigenvalue weighted by Gasteiger charge is 2.17. The quantitative estimate of drug-likeness (QED) is 0.801. The highest BCUT2D eigenvalue weighted by atomic mass is 16.4. The van der Waals surface area contributed by atoms with E-state index in [0.717, 1.165) is 12.0 Å². The van der Waals surface area contributed by atoms with Crippen molar-refractivity contribution in [2.75, 3.05) is 13.1 Å². The van der Waals surface area contributed by atoms with E-state index in [1.807, 2.05) is 38.1 Å². The van der Waals surface area contributed by atoms with E-state index in [1.165, 1.54) is 5.56 Å². The molecule has 0 spiro atoms. The van der Waals surface area contributed by atoms with Crippen molar-refractivity contribution in [1.29, 1.82) is 0 Å². The molecule has 0 saturated heterocycles. The zero-order chi connectivity index (χ0) is 15.8. The Labute approximate surface area is 126 Å². The number of carbonyl (C=O) groups is 2. The van der Waals surface area contributed by atoms with Crippen LogP contribution in [0.1, 0.15) is 38.3 Å². The van der Waals surface area contributed by atoms with Crippen LogP contribution in [0.5, 0.6) is 0 Å². The molecule has 1 aromatic rings. The van der Waals surface area contributed by atoms with Gasteiger partial charge in [-0.15, -0.1) is 0 Å². The molecule has 0 saturated carbocycles. The lowest BCUT2D eigenvalue weighted by molar-refractivity contribution is -0.138. The van der Waals surface area contributed by atoms with Crippen LogP contribution in [0.2, 0.25) is 0 Å². The first-order chi connectivity index (χ1) is 9.93. The second kappa shape index (κ2) is 8.45. The van der Waals surface area contributed by atoms with Crippen molar-refractivity contribution < 1.29 is 14.7 Å². The Morgan fingerprint density at radius 1 is 1.19 bits per heavy atom. The summed E-state index contributed by atoms with van der Waals surface area (Å²) in [4.78, 5) is 24.9. The largest absolute Gasteiger partial charge is 0.481 e. The van der Waals surface area contributed by atoms with Gasteiger partial charge in [0, 0.05) is 13.1 Å². The number of benzene rings is 1. The second-order valence-corrected chi connectivity index (χ2v) is 5.68. The van der Waals surface area contributed by atoms with Gasteiger partial charge in [-0.3, -0.25) is 9.59 Å². The van der Waals surface area contributed by atoms with E-state index in [9.17, 15) is 9.59 Å². The van der Waals surface area contributed by atoms with Gasteiger partial charge in [0.25, 0.3) is 0 Å². The summed E-state index contributed by atoms with van der Waals surface area (Å²) in [7, 11) is 0. The number of hydrogen-bond donors (Lipinski definition) is 1. The number of carboxylic acid groups (broad SMARTS) is 1. The van der Waals surface area contributed by atoms with Crippen LogP contribution in [0.4, 0.5) is 0 Å². The van der Waals surface area contributed by atoms with Gasteiger partial charge in [-0.05, 0) is 23.5 Å². The molecule has 0 aliphatic rings. The number of aliphatic carboxylic acids is 1. The third-order valence-corrected chi connectivity index (χ3v) is 3.37. The van der Waals surface area contributed by atoms with Gasteiger partial charge in [0.1, 0.15) is 0 Å². The molecule has 1 N–H and O–H groups in total. The minimum atomic E-state index is -0.870. The van der Waals surface area contributed by atoms with Crippen molar-refractivity contribution in [3.8, 4) is 0 Å². The van der Waals surface area contributed by atoms with Gasteiger partial charge in [0.15, 0.2) is 0 Å². The van der Waals surface area contributed by atoms with Crippen molar-refractivity contribution >= 4 is 11.9 Å². The Balaban J connectivity index is 2.77. The monoisotopic (exact) mass is 291 g/mol. The van der Waals surface area contributed by atoms with Crippen molar-refractivity contribution in [1.82, 2.24) is 4.90 Å². The molecule has 0 unspecified atom stereocenters. The molecule has 0 radical (unpaired) electrons. The van der Waals surface area contributed by atoms with Crippen molar-refractivity contribution in [3.63, 3.8) is 0 Å². The Bertz CT molecular complexity index is 483. The minimum Gasteiger partial charge on any atom is -0.481 e. The first-order valence-electron chi connectivity index (χ1n) is 7.50. The first-order valence-corrected chi connectivity index (χ1v) is 7.50. The van der Waals surface area contributed by atoms with Crippen LogP contribution in [0.15, 0.2) is 24.3 Å². The van der Waals surface area contributed by atoms with E-state index in [1.54, 1.807) is 4.90 Å². The molecule has 0 atom stereocenters. The molecule has 1 amide bonds. The van der Waals surface area contributed by atoms with Crippen LogP contribution in [-0.2, 0) is 22.4 Å². The van der Waals surface area contributed by atoms with Crippen LogP contribution in [0.25, 0.3) is 0 Å². The molecule has 0 fully saturated rings. The third kappa shape index (κ3) is 5.98. The molecule has 0 heterocycles. The predicted octanol–water partition coefficient (Wildman–Crippen LogP) is 2.75. The first kappa shape index (κ1) is 17.2. The molecular formula is C17H25NO3. The molecule has 21 heavy (non-hydrogen) atoms. The summed E-state index contributed by atoms with van der Waals surface area (Å²) in [5.74, 6) is -0.541. The second-order valence-electron chi connectivity index (χ2n) is 5.68. The molecule has 4 heteroatoms. The number of rotatable bonds is 8. The van der Waals surface area contributed by atoms with E-state index in [4.69, 9.17) is 5.11 Å². The lowest BCUT2D eigenvalue weighted by atomic mass is 10.0. The number of nitrogens with zero attached hydrogens (tertiary/aromatic N) is 1. The zero-order valence-corrected chi connectivity index (χ0v) is 13.1. The zero-order valence-electron chi connectivity index (χ0n) is 13.1. The molecule has 4 nitrogen and oxygen atoms in total. The normalized spacial score (nSPS) is 10.7. The summed E-state index contributed by atoms with van der Waals surface area (Å²) in [6, 6.07) is 7.92. The maximum atomic E-state index is 12.5. The fourth-order valence-electron chi connectivity index (χ4n) is 2.34. The lowest BCUT2D eigenvalue weighted by Crippen LogP contribution is -2.37. The molecular weight excluding hydrogens is 266 g/mol. The standard InChI is InChI=1S/C17H25NO3/c1-4-14-7-5-6-8-15(14)11-16(19)18(12-13(2)3)10-9-17(20)21/h5-8,13H,4,9-12H2,1-3H3,(H,20,21). The fourth-order valence-corrected chi connectivity index (χ4v) is 2.34. The summed E-state index contributed by atoms with van der Waals surface area (Å²) < 4.78 is 0. The Morgan fingerprint density at radius 2 is 1.81 bits per heavy atom. The Hall–Kier alpha value is -1.84. The van der Waals surface area contributed by atoms with Gasteiger partial charge >= 0.3 is 5.97 Å². The SMILES string of the molecule is CCc1ccccc1CC(=O)N(CCC(=O)O)CC(C)C. The van der Waals surface area contributed by atoms with Crippen molar-refractivity contribution in [2.24, 2.45) is 5.92 Å². The van der Waals surface area contributed by atoms with Crippen molar-refractivity contribution in [2.45, 2.75) is 40.0 Å². The highest BCUT2D eigenvalue weighted by molar-refractivity contribution is 5.79. The maximum Gasteiger partial charge on any atom is 0.305 e. The number of carboxylic acids is 1. The molecule has 0 aromatic heterocycles. The highest BCUT2D eigenvalue weighted by Crippen LogP contribution is 2.12. The van der Waals surface area contributed by atoms with Crippen LogP contribution in [-0.4, -0.2) is 35.0 Å². The summed E-state index contributed by atoms with van der Waals surface area (Å²) >= 11 is 0. The van der Waals surface area contributed by atoms with Gasteiger partial charge in [-0.25, -0.2) is 0 Å². The van der Waals surface area contributed by atoms with Crippen LogP contribution in [0, 0.1) is 5.92 Å². The van der Waals surface area contributed by atoms with E-state index in [2.05, 4.69) is 6.92 Å². The van der Waals surface area contributed by atoms with E-state index < -0.39 is 5.97 Å². The summed E-state index contributed by atoms with van der Waals surface area (Å²) in [6.07, 6.45) is 1.23. The summed E-state index contributed by atoms with van der Waals surface area (Å²) in [5, 5.41) is 8.81. The van der Waals surface area contributed by atoms with Gasteiger partial charge < -0.3 is 10.0 Å². The van der Waals surface area contributed by atoms with E-state index in [0.29, 0.717) is 18.9 Å². The average Bonchev–Trinajstić information content (AvgIpc) is 2.43. The molecule has 116 valence electrons. The van der Waals surface area contributed by atoms with Gasteiger partial charge in [-0.2, -0.15) is 0 Å². The van der Waals surface area contributed by atoms with E-state index >= 15 is 0 Å². The maximum absolute atomic E-state index is 12.5. The summed E-state index contributed by atoms with van der Waals surface area (Å²) in [6.45, 7) is 7.00.